The zero-order valence-electron chi connectivity index (χ0n) is 10.7. The number of anilines is 2. The van der Waals surface area contributed by atoms with Gasteiger partial charge in [-0.1, -0.05) is 25.8 Å². The van der Waals surface area contributed by atoms with Gasteiger partial charge in [0.2, 0.25) is 0 Å². The first-order chi connectivity index (χ1) is 8.25. The maximum absolute atomic E-state index is 6.06. The molecule has 1 aromatic rings. The van der Waals surface area contributed by atoms with Crippen LogP contribution in [0.2, 0.25) is 0 Å². The Hall–Kier alpha value is -1.18. The van der Waals surface area contributed by atoms with Gasteiger partial charge in [0.25, 0.3) is 0 Å². The van der Waals surface area contributed by atoms with Crippen LogP contribution < -0.4 is 10.6 Å². The second-order valence-corrected chi connectivity index (χ2v) is 5.71. The maximum atomic E-state index is 6.06. The van der Waals surface area contributed by atoms with E-state index in [0.29, 0.717) is 0 Å². The number of nitrogens with zero attached hydrogens (tertiary/aromatic N) is 1. The van der Waals surface area contributed by atoms with Gasteiger partial charge in [-0.25, -0.2) is 0 Å². The van der Waals surface area contributed by atoms with Crippen LogP contribution in [0.15, 0.2) is 18.2 Å². The van der Waals surface area contributed by atoms with E-state index in [1.807, 2.05) is 6.07 Å². The van der Waals surface area contributed by atoms with Crippen LogP contribution in [0.3, 0.4) is 0 Å². The van der Waals surface area contributed by atoms with Crippen molar-refractivity contribution in [1.82, 2.24) is 0 Å². The van der Waals surface area contributed by atoms with Crippen molar-refractivity contribution in [3.05, 3.63) is 23.8 Å². The Balaban J connectivity index is 1.85. The van der Waals surface area contributed by atoms with Crippen LogP contribution in [0.1, 0.15) is 38.2 Å². The molecule has 0 bridgehead atoms. The van der Waals surface area contributed by atoms with Gasteiger partial charge in [-0.15, -0.1) is 0 Å². The van der Waals surface area contributed by atoms with Gasteiger partial charge in [0.1, 0.15) is 0 Å². The lowest BCUT2D eigenvalue weighted by Crippen LogP contribution is -2.37. The molecule has 1 aliphatic heterocycles. The third-order valence-corrected chi connectivity index (χ3v) is 4.45. The highest BCUT2D eigenvalue weighted by Gasteiger charge is 2.29. The van der Waals surface area contributed by atoms with Crippen molar-refractivity contribution in [1.29, 1.82) is 0 Å². The van der Waals surface area contributed by atoms with Crippen LogP contribution in [-0.2, 0) is 6.42 Å². The minimum Gasteiger partial charge on any atom is -0.398 e. The molecule has 2 N–H and O–H groups in total. The molecule has 1 heterocycles. The van der Waals surface area contributed by atoms with E-state index < -0.39 is 0 Å². The predicted molar refractivity (Wildman–Crippen MR) is 73.3 cm³/mol. The summed E-state index contributed by atoms with van der Waals surface area (Å²) >= 11 is 0. The van der Waals surface area contributed by atoms with Crippen molar-refractivity contribution in [2.24, 2.45) is 5.92 Å². The molecular formula is C15H22N2. The quantitative estimate of drug-likeness (QED) is 0.751. The molecule has 1 fully saturated rings. The molecule has 0 aromatic heterocycles. The lowest BCUT2D eigenvalue weighted by Gasteiger charge is -2.36. The number of benzene rings is 1. The van der Waals surface area contributed by atoms with Crippen molar-refractivity contribution in [2.75, 3.05) is 17.2 Å². The van der Waals surface area contributed by atoms with Gasteiger partial charge >= 0.3 is 0 Å². The smallest absolute Gasteiger partial charge is 0.0422 e. The van der Waals surface area contributed by atoms with E-state index in [9.17, 15) is 0 Å². The van der Waals surface area contributed by atoms with E-state index in [4.69, 9.17) is 5.73 Å². The van der Waals surface area contributed by atoms with E-state index in [1.54, 1.807) is 0 Å². The number of rotatable bonds is 1. The summed E-state index contributed by atoms with van der Waals surface area (Å²) in [5.41, 5.74) is 9.83. The molecule has 1 saturated carbocycles. The minimum absolute atomic E-state index is 0.752. The molecule has 92 valence electrons. The summed E-state index contributed by atoms with van der Waals surface area (Å²) in [5, 5.41) is 0. The third kappa shape index (κ3) is 1.90. The van der Waals surface area contributed by atoms with Crippen molar-refractivity contribution in [3.8, 4) is 0 Å². The number of hydrogen-bond acceptors (Lipinski definition) is 2. The van der Waals surface area contributed by atoms with Crippen molar-refractivity contribution >= 4 is 11.4 Å². The molecule has 0 saturated heterocycles. The Labute approximate surface area is 104 Å². The average Bonchev–Trinajstić information content (AvgIpc) is 2.74. The fourth-order valence-electron chi connectivity index (χ4n) is 3.55. The van der Waals surface area contributed by atoms with Crippen LogP contribution in [0, 0.1) is 5.92 Å². The molecule has 0 spiro atoms. The molecule has 2 heteroatoms. The van der Waals surface area contributed by atoms with Gasteiger partial charge < -0.3 is 10.6 Å². The van der Waals surface area contributed by atoms with E-state index in [0.717, 1.165) is 24.1 Å². The van der Waals surface area contributed by atoms with Crippen LogP contribution in [0.5, 0.6) is 0 Å². The Kier molecular flexibility index (Phi) is 2.73. The summed E-state index contributed by atoms with van der Waals surface area (Å²) in [4.78, 5) is 2.61. The van der Waals surface area contributed by atoms with Gasteiger partial charge in [0.05, 0.1) is 0 Å². The monoisotopic (exact) mass is 230 g/mol. The largest absolute Gasteiger partial charge is 0.398 e. The predicted octanol–water partition coefficient (Wildman–Crippen LogP) is 3.21. The Bertz CT molecular complexity index is 413. The fourth-order valence-corrected chi connectivity index (χ4v) is 3.55. The number of nitrogen functional groups attached to an aromatic ring is 1. The van der Waals surface area contributed by atoms with E-state index in [1.165, 1.54) is 43.5 Å². The van der Waals surface area contributed by atoms with Crippen LogP contribution in [-0.4, -0.2) is 12.6 Å². The highest BCUT2D eigenvalue weighted by molar-refractivity contribution is 5.68. The first-order valence-corrected chi connectivity index (χ1v) is 6.89. The molecule has 2 unspecified atom stereocenters. The summed E-state index contributed by atoms with van der Waals surface area (Å²) in [5.74, 6) is 0.888. The molecule has 1 aromatic carbocycles. The summed E-state index contributed by atoms with van der Waals surface area (Å²) < 4.78 is 0. The first kappa shape index (κ1) is 10.9. The fraction of sp³-hybridized carbons (Fsp3) is 0.600. The van der Waals surface area contributed by atoms with Crippen LogP contribution in [0.25, 0.3) is 0 Å². The van der Waals surface area contributed by atoms with Crippen molar-refractivity contribution < 1.29 is 0 Å². The van der Waals surface area contributed by atoms with Gasteiger partial charge in [-0.2, -0.15) is 0 Å². The normalized spacial score (nSPS) is 28.2. The van der Waals surface area contributed by atoms with Gasteiger partial charge in [-0.3, -0.25) is 0 Å². The second-order valence-electron chi connectivity index (χ2n) is 5.71. The Morgan fingerprint density at radius 3 is 3.00 bits per heavy atom. The number of hydrogen-bond donors (Lipinski definition) is 1. The number of fused-ring (bicyclic) bond motifs is 1. The first-order valence-electron chi connectivity index (χ1n) is 6.89. The average molecular weight is 230 g/mol. The summed E-state index contributed by atoms with van der Waals surface area (Å²) in [6, 6.07) is 7.13. The zero-order valence-corrected chi connectivity index (χ0v) is 10.7. The van der Waals surface area contributed by atoms with Gasteiger partial charge in [0.15, 0.2) is 0 Å². The van der Waals surface area contributed by atoms with Crippen molar-refractivity contribution in [2.45, 2.75) is 45.1 Å². The maximum Gasteiger partial charge on any atom is 0.0422 e. The molecule has 0 amide bonds. The summed E-state index contributed by atoms with van der Waals surface area (Å²) in [6.45, 7) is 3.56. The van der Waals surface area contributed by atoms with E-state index in [2.05, 4.69) is 24.0 Å². The van der Waals surface area contributed by atoms with E-state index >= 15 is 0 Å². The van der Waals surface area contributed by atoms with E-state index in [-0.39, 0.29) is 0 Å². The third-order valence-electron chi connectivity index (χ3n) is 4.45. The SMILES string of the molecule is CC1CCCC(N2CCc3c(N)cccc32)C1. The zero-order chi connectivity index (χ0) is 11.8. The molecule has 0 radical (unpaired) electrons. The molecule has 17 heavy (non-hydrogen) atoms. The molecular weight excluding hydrogens is 208 g/mol. The van der Waals surface area contributed by atoms with Crippen LogP contribution in [0.4, 0.5) is 11.4 Å². The number of nitrogens with two attached hydrogens (primary N) is 1. The summed E-state index contributed by atoms with van der Waals surface area (Å²) in [6.07, 6.45) is 6.65. The molecule has 2 nitrogen and oxygen atoms in total. The van der Waals surface area contributed by atoms with Gasteiger partial charge in [0, 0.05) is 29.5 Å². The Morgan fingerprint density at radius 1 is 1.29 bits per heavy atom. The second kappa shape index (κ2) is 4.25. The summed E-state index contributed by atoms with van der Waals surface area (Å²) in [7, 11) is 0. The lowest BCUT2D eigenvalue weighted by atomic mass is 9.86. The van der Waals surface area contributed by atoms with Crippen LogP contribution >= 0.6 is 0 Å². The molecule has 3 rings (SSSR count). The van der Waals surface area contributed by atoms with Gasteiger partial charge in [-0.05, 0) is 37.3 Å². The Morgan fingerprint density at radius 2 is 2.18 bits per heavy atom. The highest BCUT2D eigenvalue weighted by Crippen LogP contribution is 2.37. The standard InChI is InChI=1S/C15H22N2/c1-11-4-2-5-12(10-11)17-9-8-13-14(16)6-3-7-15(13)17/h3,6-7,11-12H,2,4-5,8-10,16H2,1H3. The minimum atomic E-state index is 0.752. The molecule has 2 aliphatic rings. The van der Waals surface area contributed by atoms with Crippen molar-refractivity contribution in [3.63, 3.8) is 0 Å². The highest BCUT2D eigenvalue weighted by atomic mass is 15.2. The lowest BCUT2D eigenvalue weighted by molar-refractivity contribution is 0.332. The molecule has 2 atom stereocenters. The topological polar surface area (TPSA) is 29.3 Å². The molecule has 1 aliphatic carbocycles.